The van der Waals surface area contributed by atoms with Crippen molar-refractivity contribution in [3.8, 4) is 0 Å². The van der Waals surface area contributed by atoms with Gasteiger partial charge in [0.05, 0.1) is 12.8 Å². The molecule has 10 heteroatoms. The topological polar surface area (TPSA) is 157 Å². The third kappa shape index (κ3) is 4.89. The standard InChI is InChI=1S/C9H12N2O8/c10-4-1-2-6(12)16-19-9(15)5(11)3-7(13)17-18-8(4)14/h4-5H,1-3,10-11H2/t4-,5?/m1/s1. The Hall–Kier alpha value is -2.20. The van der Waals surface area contributed by atoms with E-state index < -0.39 is 42.4 Å². The van der Waals surface area contributed by atoms with Crippen LogP contribution in [-0.4, -0.2) is 36.0 Å². The van der Waals surface area contributed by atoms with Gasteiger partial charge < -0.3 is 11.5 Å². The maximum atomic E-state index is 11.2. The van der Waals surface area contributed by atoms with Crippen LogP contribution in [0.15, 0.2) is 0 Å². The number of rotatable bonds is 0. The Bertz CT molecular complexity index is 396. The molecule has 0 aromatic carbocycles. The first kappa shape index (κ1) is 14.9. The number of hydrogen-bond donors (Lipinski definition) is 2. The zero-order valence-corrected chi connectivity index (χ0v) is 9.70. The van der Waals surface area contributed by atoms with Crippen LogP contribution in [0.25, 0.3) is 0 Å². The van der Waals surface area contributed by atoms with Gasteiger partial charge in [0.15, 0.2) is 0 Å². The Balaban J connectivity index is 2.70. The van der Waals surface area contributed by atoms with Crippen LogP contribution < -0.4 is 11.5 Å². The Kier molecular flexibility index (Phi) is 5.21. The highest BCUT2D eigenvalue weighted by Crippen LogP contribution is 2.04. The van der Waals surface area contributed by atoms with Crippen molar-refractivity contribution in [1.29, 1.82) is 0 Å². The molecule has 0 saturated carbocycles. The van der Waals surface area contributed by atoms with Crippen molar-refractivity contribution in [1.82, 2.24) is 0 Å². The second kappa shape index (κ2) is 6.66. The summed E-state index contributed by atoms with van der Waals surface area (Å²) in [5.41, 5.74) is 10.6. The van der Waals surface area contributed by atoms with Crippen LogP contribution in [0, 0.1) is 0 Å². The van der Waals surface area contributed by atoms with E-state index in [1.165, 1.54) is 0 Å². The average Bonchev–Trinajstić information content (AvgIpc) is 2.38. The van der Waals surface area contributed by atoms with E-state index in [4.69, 9.17) is 11.5 Å². The monoisotopic (exact) mass is 276 g/mol. The lowest BCUT2D eigenvalue weighted by Gasteiger charge is -2.08. The molecule has 0 aromatic rings. The zero-order valence-electron chi connectivity index (χ0n) is 9.70. The Morgan fingerprint density at radius 3 is 1.95 bits per heavy atom. The fourth-order valence-corrected chi connectivity index (χ4v) is 1.03. The van der Waals surface area contributed by atoms with Gasteiger partial charge in [0.2, 0.25) is 0 Å². The second-order valence-electron chi connectivity index (χ2n) is 3.67. The fourth-order valence-electron chi connectivity index (χ4n) is 1.03. The first-order valence-corrected chi connectivity index (χ1v) is 5.23. The van der Waals surface area contributed by atoms with Gasteiger partial charge >= 0.3 is 23.9 Å². The van der Waals surface area contributed by atoms with Gasteiger partial charge in [-0.2, -0.15) is 0 Å². The molecule has 1 rings (SSSR count). The van der Waals surface area contributed by atoms with E-state index in [2.05, 4.69) is 19.6 Å². The van der Waals surface area contributed by atoms with E-state index in [0.29, 0.717) is 0 Å². The van der Waals surface area contributed by atoms with E-state index >= 15 is 0 Å². The van der Waals surface area contributed by atoms with E-state index in [1.807, 2.05) is 0 Å². The Morgan fingerprint density at radius 2 is 1.32 bits per heavy atom. The molecule has 0 bridgehead atoms. The van der Waals surface area contributed by atoms with E-state index in [9.17, 15) is 19.2 Å². The summed E-state index contributed by atoms with van der Waals surface area (Å²) in [6.07, 6.45) is -1.07. The van der Waals surface area contributed by atoms with Crippen LogP contribution in [0.2, 0.25) is 0 Å². The molecule has 1 aliphatic heterocycles. The lowest BCUT2D eigenvalue weighted by Crippen LogP contribution is -2.36. The minimum Gasteiger partial charge on any atom is -0.318 e. The summed E-state index contributed by atoms with van der Waals surface area (Å²) >= 11 is 0. The first-order valence-electron chi connectivity index (χ1n) is 5.23. The molecule has 1 fully saturated rings. The van der Waals surface area contributed by atoms with Gasteiger partial charge in [-0.05, 0) is 6.42 Å². The van der Waals surface area contributed by atoms with E-state index in [1.54, 1.807) is 0 Å². The molecule has 0 radical (unpaired) electrons. The summed E-state index contributed by atoms with van der Waals surface area (Å²) in [7, 11) is 0. The Labute approximate surface area is 106 Å². The largest absolute Gasteiger partial charge is 0.372 e. The van der Waals surface area contributed by atoms with Crippen LogP contribution >= 0.6 is 0 Å². The van der Waals surface area contributed by atoms with Gasteiger partial charge in [0.1, 0.15) is 12.1 Å². The molecular weight excluding hydrogens is 264 g/mol. The minimum atomic E-state index is -1.42. The molecule has 1 unspecified atom stereocenters. The van der Waals surface area contributed by atoms with E-state index in [0.717, 1.165) is 0 Å². The summed E-state index contributed by atoms with van der Waals surface area (Å²) in [6.45, 7) is 0. The third-order valence-corrected chi connectivity index (χ3v) is 2.09. The predicted octanol–water partition coefficient (Wildman–Crippen LogP) is -2.17. The van der Waals surface area contributed by atoms with Crippen molar-refractivity contribution in [2.45, 2.75) is 31.3 Å². The van der Waals surface area contributed by atoms with Crippen LogP contribution in [0.5, 0.6) is 0 Å². The maximum Gasteiger partial charge on any atom is 0.372 e. The lowest BCUT2D eigenvalue weighted by molar-refractivity contribution is -0.262. The molecule has 0 aromatic heterocycles. The second-order valence-corrected chi connectivity index (χ2v) is 3.67. The predicted molar refractivity (Wildman–Crippen MR) is 54.2 cm³/mol. The molecule has 0 spiro atoms. The van der Waals surface area contributed by atoms with Gasteiger partial charge in [-0.3, -0.25) is 0 Å². The molecule has 2 atom stereocenters. The molecule has 1 saturated heterocycles. The first-order chi connectivity index (χ1) is 8.90. The molecule has 106 valence electrons. The molecule has 19 heavy (non-hydrogen) atoms. The van der Waals surface area contributed by atoms with Crippen LogP contribution in [0.3, 0.4) is 0 Å². The smallest absolute Gasteiger partial charge is 0.318 e. The maximum absolute atomic E-state index is 11.2. The van der Waals surface area contributed by atoms with Gasteiger partial charge in [-0.15, -0.1) is 0 Å². The van der Waals surface area contributed by atoms with Crippen molar-refractivity contribution in [3.63, 3.8) is 0 Å². The molecular formula is C9H12N2O8. The normalized spacial score (nSPS) is 26.8. The van der Waals surface area contributed by atoms with Gasteiger partial charge in [-0.1, -0.05) is 0 Å². The van der Waals surface area contributed by atoms with Gasteiger partial charge in [0.25, 0.3) is 0 Å². The quantitative estimate of drug-likeness (QED) is 0.466. The zero-order chi connectivity index (χ0) is 14.4. The average molecular weight is 276 g/mol. The van der Waals surface area contributed by atoms with Crippen LogP contribution in [-0.2, 0) is 38.7 Å². The van der Waals surface area contributed by atoms with Crippen molar-refractivity contribution >= 4 is 23.9 Å². The number of hydrogen-bond acceptors (Lipinski definition) is 10. The van der Waals surface area contributed by atoms with Crippen molar-refractivity contribution in [2.24, 2.45) is 11.5 Å². The van der Waals surface area contributed by atoms with Crippen LogP contribution in [0.1, 0.15) is 19.3 Å². The molecule has 1 aliphatic rings. The number of nitrogens with two attached hydrogens (primary N) is 2. The summed E-state index contributed by atoms with van der Waals surface area (Å²) in [5, 5.41) is 0. The SMILES string of the molecule is NC1CC(=O)OOC(=O)[C@H](N)CCC(=O)OOC1=O. The summed E-state index contributed by atoms with van der Waals surface area (Å²) in [6, 6.07) is -2.61. The summed E-state index contributed by atoms with van der Waals surface area (Å²) in [5.74, 6) is -4.17. The Morgan fingerprint density at radius 1 is 0.789 bits per heavy atom. The highest BCUT2D eigenvalue weighted by Gasteiger charge is 2.26. The number of carbonyl (C=O) groups excluding carboxylic acids is 4. The fraction of sp³-hybridized carbons (Fsp3) is 0.556. The minimum absolute atomic E-state index is 0.140. The molecule has 4 N–H and O–H groups in total. The summed E-state index contributed by atoms with van der Waals surface area (Å²) < 4.78 is 0. The van der Waals surface area contributed by atoms with Crippen molar-refractivity contribution < 1.29 is 38.7 Å². The van der Waals surface area contributed by atoms with Crippen LogP contribution in [0.4, 0.5) is 0 Å². The molecule has 1 heterocycles. The van der Waals surface area contributed by atoms with Crippen molar-refractivity contribution in [2.75, 3.05) is 0 Å². The molecule has 10 nitrogen and oxygen atoms in total. The lowest BCUT2D eigenvalue weighted by atomic mass is 10.2. The highest BCUT2D eigenvalue weighted by atomic mass is 17.2. The van der Waals surface area contributed by atoms with Gasteiger partial charge in [0, 0.05) is 0 Å². The highest BCUT2D eigenvalue weighted by molar-refractivity contribution is 5.83. The molecule has 0 amide bonds. The van der Waals surface area contributed by atoms with E-state index in [-0.39, 0.29) is 12.8 Å². The third-order valence-electron chi connectivity index (χ3n) is 2.09. The van der Waals surface area contributed by atoms with Gasteiger partial charge in [-0.25, -0.2) is 38.7 Å². The van der Waals surface area contributed by atoms with Crippen molar-refractivity contribution in [3.05, 3.63) is 0 Å². The number of carbonyl (C=O) groups is 4. The summed E-state index contributed by atoms with van der Waals surface area (Å²) in [4.78, 5) is 61.1. The molecule has 0 aliphatic carbocycles.